The first-order chi connectivity index (χ1) is 10.5. The molecule has 0 aliphatic heterocycles. The van der Waals surface area contributed by atoms with Crippen LogP contribution in [0.1, 0.15) is 47.1 Å². The van der Waals surface area contributed by atoms with Crippen molar-refractivity contribution in [2.75, 3.05) is 7.11 Å². The van der Waals surface area contributed by atoms with Gasteiger partial charge in [-0.05, 0) is 39.7 Å². The lowest BCUT2D eigenvalue weighted by molar-refractivity contribution is 0.0690. The van der Waals surface area contributed by atoms with Gasteiger partial charge in [-0.25, -0.2) is 0 Å². The lowest BCUT2D eigenvalue weighted by atomic mass is 9.68. The third-order valence-corrected chi connectivity index (χ3v) is 4.43. The smallest absolute Gasteiger partial charge is 0.130 e. The van der Waals surface area contributed by atoms with Crippen molar-refractivity contribution in [1.82, 2.24) is 0 Å². The van der Waals surface area contributed by atoms with E-state index in [1.807, 2.05) is 18.2 Å². The zero-order valence-corrected chi connectivity index (χ0v) is 15.4. The summed E-state index contributed by atoms with van der Waals surface area (Å²) in [5, 5.41) is 8.74. The van der Waals surface area contributed by atoms with E-state index in [1.54, 1.807) is 7.11 Å². The highest BCUT2D eigenvalue weighted by Crippen LogP contribution is 2.44. The van der Waals surface area contributed by atoms with Crippen molar-refractivity contribution < 1.29 is 4.74 Å². The first-order valence-electron chi connectivity index (χ1n) is 8.18. The predicted molar refractivity (Wildman–Crippen MR) is 97.9 cm³/mol. The van der Waals surface area contributed by atoms with Gasteiger partial charge < -0.3 is 10.1 Å². The Kier molecular flexibility index (Phi) is 4.42. The minimum Gasteiger partial charge on any atom is -0.365 e. The Bertz CT molecular complexity index is 617. The molecule has 0 unspecified atom stereocenters. The Balaban J connectivity index is 2.75. The van der Waals surface area contributed by atoms with Crippen LogP contribution in [0.3, 0.4) is 0 Å². The van der Waals surface area contributed by atoms with E-state index in [9.17, 15) is 0 Å². The summed E-state index contributed by atoms with van der Waals surface area (Å²) in [6, 6.07) is 10.3. The first-order valence-corrected chi connectivity index (χ1v) is 8.18. The van der Waals surface area contributed by atoms with Gasteiger partial charge in [0.15, 0.2) is 0 Å². The van der Waals surface area contributed by atoms with Gasteiger partial charge in [-0.15, -0.1) is 0 Å². The number of ether oxygens (including phenoxy) is 1. The quantitative estimate of drug-likeness (QED) is 0.768. The number of allylic oxidation sites excluding steroid dienone is 2. The van der Waals surface area contributed by atoms with E-state index in [2.05, 4.69) is 65.8 Å². The number of methoxy groups -OCH3 is 1. The van der Waals surface area contributed by atoms with Crippen molar-refractivity contribution in [2.45, 2.75) is 47.1 Å². The second kappa shape index (κ2) is 5.76. The van der Waals surface area contributed by atoms with Crippen molar-refractivity contribution in [3.63, 3.8) is 0 Å². The lowest BCUT2D eigenvalue weighted by Crippen LogP contribution is -2.36. The largest absolute Gasteiger partial charge is 0.365 e. The maximum Gasteiger partial charge on any atom is 0.130 e. The van der Waals surface area contributed by atoms with Gasteiger partial charge in [0.25, 0.3) is 0 Å². The molecule has 124 valence electrons. The highest BCUT2D eigenvalue weighted by atomic mass is 16.5. The van der Waals surface area contributed by atoms with E-state index < -0.39 is 5.60 Å². The van der Waals surface area contributed by atoms with Crippen LogP contribution in [0.5, 0.6) is 0 Å². The zero-order valence-electron chi connectivity index (χ0n) is 15.4. The van der Waals surface area contributed by atoms with Crippen LogP contribution in [0.2, 0.25) is 0 Å². The number of benzene rings is 1. The molecule has 1 aliphatic rings. The Labute approximate surface area is 140 Å². The van der Waals surface area contributed by atoms with Crippen molar-refractivity contribution >= 4 is 5.71 Å². The molecule has 2 nitrogen and oxygen atoms in total. The van der Waals surface area contributed by atoms with Crippen molar-refractivity contribution in [2.24, 2.45) is 10.8 Å². The summed E-state index contributed by atoms with van der Waals surface area (Å²) in [5.41, 5.74) is 2.97. The fourth-order valence-corrected chi connectivity index (χ4v) is 3.04. The summed E-state index contributed by atoms with van der Waals surface area (Å²) in [6.45, 7) is 12.9. The molecule has 0 aromatic heterocycles. The maximum atomic E-state index is 8.74. The van der Waals surface area contributed by atoms with Crippen LogP contribution in [-0.4, -0.2) is 12.8 Å². The van der Waals surface area contributed by atoms with E-state index in [4.69, 9.17) is 10.1 Å². The molecule has 0 bridgehead atoms. The van der Waals surface area contributed by atoms with E-state index in [0.717, 1.165) is 16.7 Å². The molecule has 0 saturated carbocycles. The SMILES string of the molecule is COC1(c2ccccc2)C=C(C(C)(C)C)C(=N)C(C(C)(C)C)=C1. The standard InChI is InChI=1S/C21H29NO/c1-19(2,3)16-13-21(23-7,15-11-9-8-10-12-15)14-17(18(16)22)20(4,5)6/h8-14,22H,1-7H3. The minimum atomic E-state index is -0.614. The average molecular weight is 311 g/mol. The molecule has 0 atom stereocenters. The van der Waals surface area contributed by atoms with Gasteiger partial charge in [-0.2, -0.15) is 0 Å². The van der Waals surface area contributed by atoms with Gasteiger partial charge in [-0.3, -0.25) is 0 Å². The van der Waals surface area contributed by atoms with Gasteiger partial charge in [-0.1, -0.05) is 71.9 Å². The Morgan fingerprint density at radius 1 is 0.826 bits per heavy atom. The Hall–Kier alpha value is -1.67. The number of hydrogen-bond acceptors (Lipinski definition) is 2. The molecule has 1 aromatic rings. The number of hydrogen-bond donors (Lipinski definition) is 1. The molecule has 0 saturated heterocycles. The fraction of sp³-hybridized carbons (Fsp3) is 0.476. The summed E-state index contributed by atoms with van der Waals surface area (Å²) in [6.07, 6.45) is 4.25. The third kappa shape index (κ3) is 3.32. The van der Waals surface area contributed by atoms with Gasteiger partial charge in [0.05, 0.1) is 5.71 Å². The van der Waals surface area contributed by atoms with Crippen molar-refractivity contribution in [3.8, 4) is 0 Å². The Morgan fingerprint density at radius 3 is 1.61 bits per heavy atom. The van der Waals surface area contributed by atoms with Crippen LogP contribution in [0.25, 0.3) is 0 Å². The monoisotopic (exact) mass is 311 g/mol. The van der Waals surface area contributed by atoms with Crippen LogP contribution in [0.4, 0.5) is 0 Å². The third-order valence-electron chi connectivity index (χ3n) is 4.43. The van der Waals surface area contributed by atoms with E-state index in [-0.39, 0.29) is 10.8 Å². The lowest BCUT2D eigenvalue weighted by Gasteiger charge is -2.40. The van der Waals surface area contributed by atoms with E-state index in [0.29, 0.717) is 5.71 Å². The molecule has 23 heavy (non-hydrogen) atoms. The molecule has 1 aromatic carbocycles. The molecule has 0 radical (unpaired) electrons. The molecule has 1 N–H and O–H groups in total. The number of rotatable bonds is 2. The fourth-order valence-electron chi connectivity index (χ4n) is 3.04. The van der Waals surface area contributed by atoms with Crippen LogP contribution >= 0.6 is 0 Å². The Morgan fingerprint density at radius 2 is 1.26 bits per heavy atom. The molecule has 1 aliphatic carbocycles. The summed E-state index contributed by atoms with van der Waals surface area (Å²) < 4.78 is 6.01. The predicted octanol–water partition coefficient (Wildman–Crippen LogP) is 5.51. The van der Waals surface area contributed by atoms with Gasteiger partial charge in [0.1, 0.15) is 5.60 Å². The molecule has 2 rings (SSSR count). The molecular weight excluding hydrogens is 282 g/mol. The number of nitrogens with one attached hydrogen (secondary N) is 1. The molecular formula is C21H29NO. The van der Waals surface area contributed by atoms with E-state index in [1.165, 1.54) is 0 Å². The highest BCUT2D eigenvalue weighted by Gasteiger charge is 2.40. The summed E-state index contributed by atoms with van der Waals surface area (Å²) in [4.78, 5) is 0. The van der Waals surface area contributed by atoms with Gasteiger partial charge in [0.2, 0.25) is 0 Å². The summed E-state index contributed by atoms with van der Waals surface area (Å²) in [7, 11) is 1.75. The van der Waals surface area contributed by atoms with Crippen LogP contribution < -0.4 is 0 Å². The second-order valence-corrected chi connectivity index (χ2v) is 8.35. The topological polar surface area (TPSA) is 33.1 Å². The van der Waals surface area contributed by atoms with Crippen LogP contribution in [0.15, 0.2) is 53.6 Å². The zero-order chi connectivity index (χ0) is 17.5. The van der Waals surface area contributed by atoms with Crippen molar-refractivity contribution in [1.29, 1.82) is 5.41 Å². The first kappa shape index (κ1) is 17.7. The molecule has 0 heterocycles. The summed E-state index contributed by atoms with van der Waals surface area (Å²) in [5.74, 6) is 0. The molecule has 0 fully saturated rings. The van der Waals surface area contributed by atoms with Gasteiger partial charge >= 0.3 is 0 Å². The molecule has 0 spiro atoms. The minimum absolute atomic E-state index is 0.111. The molecule has 0 amide bonds. The summed E-state index contributed by atoms with van der Waals surface area (Å²) >= 11 is 0. The normalized spacial score (nSPS) is 22.7. The average Bonchev–Trinajstić information content (AvgIpc) is 2.46. The van der Waals surface area contributed by atoms with Gasteiger partial charge in [0, 0.05) is 7.11 Å². The van der Waals surface area contributed by atoms with Crippen LogP contribution in [-0.2, 0) is 10.3 Å². The second-order valence-electron chi connectivity index (χ2n) is 8.35. The molecule has 2 heteroatoms. The maximum absolute atomic E-state index is 8.74. The highest BCUT2D eigenvalue weighted by molar-refractivity contribution is 6.13. The van der Waals surface area contributed by atoms with Crippen LogP contribution in [0, 0.1) is 16.2 Å². The van der Waals surface area contributed by atoms with Crippen molar-refractivity contribution in [3.05, 3.63) is 59.2 Å². The van der Waals surface area contributed by atoms with E-state index >= 15 is 0 Å².